The average Bonchev–Trinajstić information content (AvgIpc) is 2.29. The van der Waals surface area contributed by atoms with E-state index in [9.17, 15) is 0 Å². The summed E-state index contributed by atoms with van der Waals surface area (Å²) in [6.45, 7) is 1.42. The van der Waals surface area contributed by atoms with Gasteiger partial charge in [-0.25, -0.2) is 0 Å². The zero-order valence-corrected chi connectivity index (χ0v) is 9.25. The molecule has 3 aliphatic rings. The number of nitrogens with zero attached hydrogens (tertiary/aromatic N) is 1. The molecule has 3 rings (SSSR count). The van der Waals surface area contributed by atoms with Gasteiger partial charge in [0.05, 0.1) is 0 Å². The quantitative estimate of drug-likeness (QED) is 0.571. The minimum absolute atomic E-state index is 0.989. The molecule has 0 spiro atoms. The average molecular weight is 193 g/mol. The Kier molecular flexibility index (Phi) is 2.53. The molecule has 2 heterocycles. The van der Waals surface area contributed by atoms with Crippen molar-refractivity contribution in [2.24, 2.45) is 5.92 Å². The lowest BCUT2D eigenvalue weighted by molar-refractivity contribution is -0.00527. The second-order valence-corrected chi connectivity index (χ2v) is 5.58. The fourth-order valence-corrected chi connectivity index (χ4v) is 4.14. The van der Waals surface area contributed by atoms with Gasteiger partial charge in [0.2, 0.25) is 0 Å². The number of hydrogen-bond donors (Lipinski definition) is 0. The van der Waals surface area contributed by atoms with Gasteiger partial charge in [-0.2, -0.15) is 0 Å². The molecule has 0 amide bonds. The second kappa shape index (κ2) is 3.84. The van der Waals surface area contributed by atoms with Gasteiger partial charge in [0.25, 0.3) is 0 Å². The number of fused-ring (bicyclic) bond motifs is 3. The van der Waals surface area contributed by atoms with Gasteiger partial charge in [-0.05, 0) is 51.0 Å². The van der Waals surface area contributed by atoms with Crippen LogP contribution in [0.4, 0.5) is 0 Å². The largest absolute Gasteiger partial charge is 0.297 e. The third-order valence-corrected chi connectivity index (χ3v) is 4.84. The van der Waals surface area contributed by atoms with Crippen molar-refractivity contribution in [3.8, 4) is 0 Å². The molecule has 2 aliphatic heterocycles. The van der Waals surface area contributed by atoms with Gasteiger partial charge in [-0.15, -0.1) is 0 Å². The Morgan fingerprint density at radius 3 is 2.57 bits per heavy atom. The summed E-state index contributed by atoms with van der Waals surface area (Å²) in [5.74, 6) is 1.08. The van der Waals surface area contributed by atoms with Gasteiger partial charge in [0.15, 0.2) is 0 Å². The van der Waals surface area contributed by atoms with Crippen molar-refractivity contribution in [3.63, 3.8) is 0 Å². The summed E-state index contributed by atoms with van der Waals surface area (Å²) in [6.07, 6.45) is 13.6. The molecule has 3 fully saturated rings. The van der Waals surface area contributed by atoms with Crippen LogP contribution < -0.4 is 0 Å². The second-order valence-electron chi connectivity index (χ2n) is 5.58. The predicted molar refractivity (Wildman–Crippen MR) is 59.3 cm³/mol. The number of piperidine rings is 2. The highest BCUT2D eigenvalue weighted by Gasteiger charge is 2.38. The lowest BCUT2D eigenvalue weighted by Gasteiger charge is -2.50. The Balaban J connectivity index is 1.74. The highest BCUT2D eigenvalue weighted by Crippen LogP contribution is 2.40. The molecule has 2 saturated heterocycles. The van der Waals surface area contributed by atoms with Crippen LogP contribution in [0, 0.1) is 5.92 Å². The van der Waals surface area contributed by atoms with Crippen molar-refractivity contribution in [2.75, 3.05) is 6.54 Å². The van der Waals surface area contributed by atoms with Crippen molar-refractivity contribution >= 4 is 0 Å². The van der Waals surface area contributed by atoms with Crippen molar-refractivity contribution in [3.05, 3.63) is 0 Å². The summed E-state index contributed by atoms with van der Waals surface area (Å²) < 4.78 is 0. The minimum Gasteiger partial charge on any atom is -0.297 e. The van der Waals surface area contributed by atoms with Crippen LogP contribution in [0.25, 0.3) is 0 Å². The molecule has 3 unspecified atom stereocenters. The van der Waals surface area contributed by atoms with Gasteiger partial charge in [0, 0.05) is 12.1 Å². The minimum atomic E-state index is 0.989. The summed E-state index contributed by atoms with van der Waals surface area (Å²) in [5, 5.41) is 0. The first-order valence-corrected chi connectivity index (χ1v) is 6.71. The van der Waals surface area contributed by atoms with E-state index in [4.69, 9.17) is 0 Å². The van der Waals surface area contributed by atoms with E-state index in [0.717, 1.165) is 18.0 Å². The highest BCUT2D eigenvalue weighted by atomic mass is 15.2. The molecule has 0 N–H and O–H groups in total. The first-order chi connectivity index (χ1) is 6.95. The molecule has 1 saturated carbocycles. The van der Waals surface area contributed by atoms with E-state index in [1.165, 1.54) is 57.9 Å². The summed E-state index contributed by atoms with van der Waals surface area (Å²) in [5.41, 5.74) is 0. The van der Waals surface area contributed by atoms with Gasteiger partial charge in [0.1, 0.15) is 0 Å². The molecule has 3 atom stereocenters. The number of hydrogen-bond acceptors (Lipinski definition) is 1. The SMILES string of the molecule is C1CCC2C(C1)CCC1CCCCN12. The topological polar surface area (TPSA) is 3.24 Å². The normalized spacial score (nSPS) is 44.1. The molecule has 1 nitrogen and oxygen atoms in total. The molecule has 0 radical (unpaired) electrons. The van der Waals surface area contributed by atoms with Crippen LogP contribution >= 0.6 is 0 Å². The fraction of sp³-hybridized carbons (Fsp3) is 1.00. The van der Waals surface area contributed by atoms with Crippen LogP contribution in [-0.4, -0.2) is 23.5 Å². The molecule has 0 aromatic heterocycles. The van der Waals surface area contributed by atoms with E-state index in [-0.39, 0.29) is 0 Å². The Labute approximate surface area is 87.9 Å². The maximum absolute atomic E-state index is 2.90. The van der Waals surface area contributed by atoms with Crippen LogP contribution in [0.1, 0.15) is 57.8 Å². The summed E-state index contributed by atoms with van der Waals surface area (Å²) in [7, 11) is 0. The molecule has 80 valence electrons. The zero-order valence-electron chi connectivity index (χ0n) is 9.25. The monoisotopic (exact) mass is 193 g/mol. The first-order valence-electron chi connectivity index (χ1n) is 6.71. The molecular weight excluding hydrogens is 170 g/mol. The van der Waals surface area contributed by atoms with Gasteiger partial charge < -0.3 is 0 Å². The maximum atomic E-state index is 2.90. The molecule has 14 heavy (non-hydrogen) atoms. The fourth-order valence-electron chi connectivity index (χ4n) is 4.14. The van der Waals surface area contributed by atoms with E-state index < -0.39 is 0 Å². The maximum Gasteiger partial charge on any atom is 0.0126 e. The Bertz CT molecular complexity index is 179. The predicted octanol–water partition coefficient (Wildman–Crippen LogP) is 3.19. The van der Waals surface area contributed by atoms with Crippen molar-refractivity contribution in [2.45, 2.75) is 69.9 Å². The summed E-state index contributed by atoms with van der Waals surface area (Å²) in [4.78, 5) is 2.90. The summed E-state index contributed by atoms with van der Waals surface area (Å²) >= 11 is 0. The van der Waals surface area contributed by atoms with Crippen LogP contribution in [0.5, 0.6) is 0 Å². The molecule has 0 aromatic carbocycles. The molecule has 1 aliphatic carbocycles. The third kappa shape index (κ3) is 1.50. The lowest BCUT2D eigenvalue weighted by atomic mass is 9.74. The molecule has 1 heteroatoms. The van der Waals surface area contributed by atoms with Gasteiger partial charge in [-0.1, -0.05) is 19.3 Å². The molecule has 0 bridgehead atoms. The lowest BCUT2D eigenvalue weighted by Crippen LogP contribution is -2.53. The molecular formula is C13H23N. The van der Waals surface area contributed by atoms with E-state index >= 15 is 0 Å². The Hall–Kier alpha value is -0.0400. The van der Waals surface area contributed by atoms with E-state index in [0.29, 0.717) is 0 Å². The highest BCUT2D eigenvalue weighted by molar-refractivity contribution is 4.93. The van der Waals surface area contributed by atoms with Crippen molar-refractivity contribution in [1.82, 2.24) is 4.90 Å². The standard InChI is InChI=1S/C13H23N/c1-2-7-13-11(5-1)8-9-12-6-3-4-10-14(12)13/h11-13H,1-10H2. The summed E-state index contributed by atoms with van der Waals surface area (Å²) in [6, 6.07) is 1.99. The first kappa shape index (κ1) is 9.21. The van der Waals surface area contributed by atoms with Crippen molar-refractivity contribution < 1.29 is 0 Å². The van der Waals surface area contributed by atoms with Crippen LogP contribution in [0.15, 0.2) is 0 Å². The van der Waals surface area contributed by atoms with Crippen LogP contribution in [-0.2, 0) is 0 Å². The van der Waals surface area contributed by atoms with Gasteiger partial charge >= 0.3 is 0 Å². The zero-order chi connectivity index (χ0) is 9.38. The number of rotatable bonds is 0. The van der Waals surface area contributed by atoms with E-state index in [2.05, 4.69) is 4.90 Å². The molecule has 0 aromatic rings. The van der Waals surface area contributed by atoms with E-state index in [1.807, 2.05) is 0 Å². The van der Waals surface area contributed by atoms with E-state index in [1.54, 1.807) is 6.42 Å². The van der Waals surface area contributed by atoms with Crippen LogP contribution in [0.3, 0.4) is 0 Å². The Morgan fingerprint density at radius 1 is 0.714 bits per heavy atom. The van der Waals surface area contributed by atoms with Gasteiger partial charge in [-0.3, -0.25) is 4.90 Å². The van der Waals surface area contributed by atoms with Crippen molar-refractivity contribution in [1.29, 1.82) is 0 Å². The van der Waals surface area contributed by atoms with Crippen LogP contribution in [0.2, 0.25) is 0 Å². The Morgan fingerprint density at radius 2 is 1.57 bits per heavy atom. The smallest absolute Gasteiger partial charge is 0.0126 e. The third-order valence-electron chi connectivity index (χ3n) is 4.84.